The highest BCUT2D eigenvalue weighted by Crippen LogP contribution is 2.48. The van der Waals surface area contributed by atoms with Crippen LogP contribution in [0.2, 0.25) is 5.02 Å². The Morgan fingerprint density at radius 2 is 1.70 bits per heavy atom. The van der Waals surface area contributed by atoms with E-state index in [0.717, 1.165) is 65.7 Å². The van der Waals surface area contributed by atoms with E-state index in [1.54, 1.807) is 10.8 Å². The van der Waals surface area contributed by atoms with Gasteiger partial charge in [-0.25, -0.2) is 15.0 Å². The lowest BCUT2D eigenvalue weighted by atomic mass is 9.62. The molecule has 0 aliphatic heterocycles. The summed E-state index contributed by atoms with van der Waals surface area (Å²) in [5, 5.41) is 5.13. The second-order valence-corrected chi connectivity index (χ2v) is 10.7. The fourth-order valence-corrected chi connectivity index (χ4v) is 6.06. The van der Waals surface area contributed by atoms with Gasteiger partial charge >= 0.3 is 0 Å². The predicted molar refractivity (Wildman–Crippen MR) is 151 cm³/mol. The molecule has 0 atom stereocenters. The van der Waals surface area contributed by atoms with Crippen LogP contribution < -0.4 is 11.0 Å². The average Bonchev–Trinajstić information content (AvgIpc) is 2.91. The molecule has 0 radical (unpaired) electrons. The molecule has 4 aromatic rings. The monoisotopic (exact) mass is 508 g/mol. The van der Waals surface area contributed by atoms with Gasteiger partial charge in [-0.3, -0.25) is 4.79 Å². The van der Waals surface area contributed by atoms with E-state index in [0.29, 0.717) is 11.0 Å². The van der Waals surface area contributed by atoms with Crippen LogP contribution in [0.4, 0.5) is 5.95 Å². The highest BCUT2D eigenvalue weighted by molar-refractivity contribution is 6.30. The quantitative estimate of drug-likeness (QED) is 0.237. The fourth-order valence-electron chi connectivity index (χ4n) is 5.93. The molecule has 1 heterocycles. The first kappa shape index (κ1) is 23.7. The highest BCUT2D eigenvalue weighted by atomic mass is 35.5. The van der Waals surface area contributed by atoms with Gasteiger partial charge in [0, 0.05) is 16.0 Å². The summed E-state index contributed by atoms with van der Waals surface area (Å²) in [5.41, 5.74) is 9.69. The van der Waals surface area contributed by atoms with Gasteiger partial charge < -0.3 is 0 Å². The maximum Gasteiger partial charge on any atom is 0.263 e. The maximum absolute atomic E-state index is 14.5. The lowest BCUT2D eigenvalue weighted by molar-refractivity contribution is 0.284. The Morgan fingerprint density at radius 3 is 2.46 bits per heavy atom. The first-order valence-electron chi connectivity index (χ1n) is 12.9. The molecule has 0 unspecified atom stereocenters. The third-order valence-corrected chi connectivity index (χ3v) is 8.02. The standard InChI is InChI=1S/C31H29ClN4O/c1-21-9-15-25(16-10-21)36-29(37)27-28(34-30(36)35-33-20-22-11-13-24(32)14-12-22)26-8-4-3-7-23(26)19-31(27)17-5-2-6-18-31/h3-4,7-16,20H,2,5-6,17-19H2,1H3,(H,34,35)/b33-20+. The van der Waals surface area contributed by atoms with Gasteiger partial charge in [0.25, 0.3) is 5.56 Å². The Kier molecular flexibility index (Phi) is 6.17. The Bertz CT molecular complexity index is 1530. The van der Waals surface area contributed by atoms with E-state index in [4.69, 9.17) is 16.6 Å². The third-order valence-electron chi connectivity index (χ3n) is 7.77. The molecule has 0 bridgehead atoms. The minimum absolute atomic E-state index is 0.00514. The van der Waals surface area contributed by atoms with Crippen molar-refractivity contribution in [2.24, 2.45) is 5.10 Å². The average molecular weight is 509 g/mol. The summed E-state index contributed by atoms with van der Waals surface area (Å²) in [4.78, 5) is 19.6. The van der Waals surface area contributed by atoms with E-state index in [1.807, 2.05) is 61.5 Å². The molecule has 37 heavy (non-hydrogen) atoms. The Hall–Kier alpha value is -3.70. The zero-order valence-electron chi connectivity index (χ0n) is 20.9. The summed E-state index contributed by atoms with van der Waals surface area (Å²) in [6, 6.07) is 23.8. The van der Waals surface area contributed by atoms with E-state index in [-0.39, 0.29) is 11.0 Å². The van der Waals surface area contributed by atoms with Crippen LogP contribution in [0.3, 0.4) is 0 Å². The SMILES string of the molecule is Cc1ccc(-n2c(N/N=C/c3ccc(Cl)cc3)nc3c(c2=O)C2(CCCCC2)Cc2ccccc2-3)cc1. The zero-order chi connectivity index (χ0) is 25.4. The van der Waals surface area contributed by atoms with Gasteiger partial charge in [0.1, 0.15) is 0 Å². The number of aryl methyl sites for hydroxylation is 1. The molecule has 1 fully saturated rings. The van der Waals surface area contributed by atoms with Crippen molar-refractivity contribution in [1.29, 1.82) is 0 Å². The number of fused-ring (bicyclic) bond motifs is 4. The summed E-state index contributed by atoms with van der Waals surface area (Å²) < 4.78 is 1.70. The number of aromatic nitrogens is 2. The normalized spacial score (nSPS) is 15.9. The minimum Gasteiger partial charge on any atom is -0.268 e. The Labute approximate surface area is 221 Å². The molecule has 6 rings (SSSR count). The minimum atomic E-state index is -0.177. The van der Waals surface area contributed by atoms with Crippen LogP contribution in [-0.4, -0.2) is 15.8 Å². The molecular weight excluding hydrogens is 480 g/mol. The van der Waals surface area contributed by atoms with Crippen LogP contribution in [0.1, 0.15) is 54.4 Å². The van der Waals surface area contributed by atoms with E-state index < -0.39 is 0 Å². The van der Waals surface area contributed by atoms with Crippen molar-refractivity contribution in [3.63, 3.8) is 0 Å². The number of rotatable bonds is 4. The summed E-state index contributed by atoms with van der Waals surface area (Å²) in [5.74, 6) is 0.403. The third kappa shape index (κ3) is 4.38. The van der Waals surface area contributed by atoms with Crippen LogP contribution in [0, 0.1) is 6.92 Å². The Morgan fingerprint density at radius 1 is 0.973 bits per heavy atom. The van der Waals surface area contributed by atoms with Crippen molar-refractivity contribution < 1.29 is 0 Å². The van der Waals surface area contributed by atoms with Gasteiger partial charge in [0.2, 0.25) is 5.95 Å². The molecule has 186 valence electrons. The largest absolute Gasteiger partial charge is 0.268 e. The molecule has 2 aliphatic carbocycles. The number of halogens is 1. The van der Waals surface area contributed by atoms with Crippen molar-refractivity contribution in [3.05, 3.63) is 110 Å². The number of hydrogen-bond acceptors (Lipinski definition) is 4. The molecule has 3 aromatic carbocycles. The van der Waals surface area contributed by atoms with Gasteiger partial charge in [-0.15, -0.1) is 0 Å². The lowest BCUT2D eigenvalue weighted by Crippen LogP contribution is -2.42. The van der Waals surface area contributed by atoms with Crippen LogP contribution >= 0.6 is 11.6 Å². The molecule has 5 nitrogen and oxygen atoms in total. The molecule has 1 spiro atoms. The summed E-state index contributed by atoms with van der Waals surface area (Å²) >= 11 is 6.02. The molecule has 2 aliphatic rings. The van der Waals surface area contributed by atoms with E-state index in [9.17, 15) is 4.79 Å². The summed E-state index contributed by atoms with van der Waals surface area (Å²) in [7, 11) is 0. The van der Waals surface area contributed by atoms with E-state index in [2.05, 4.69) is 28.7 Å². The summed E-state index contributed by atoms with van der Waals surface area (Å²) in [6.07, 6.45) is 8.12. The van der Waals surface area contributed by atoms with Crippen molar-refractivity contribution in [2.75, 3.05) is 5.43 Å². The van der Waals surface area contributed by atoms with Crippen LogP contribution in [0.25, 0.3) is 16.9 Å². The van der Waals surface area contributed by atoms with Crippen molar-refractivity contribution in [2.45, 2.75) is 50.9 Å². The van der Waals surface area contributed by atoms with Crippen LogP contribution in [0.15, 0.2) is 82.7 Å². The van der Waals surface area contributed by atoms with Gasteiger partial charge in [-0.2, -0.15) is 5.10 Å². The van der Waals surface area contributed by atoms with Gasteiger partial charge in [0.15, 0.2) is 0 Å². The second-order valence-electron chi connectivity index (χ2n) is 10.2. The summed E-state index contributed by atoms with van der Waals surface area (Å²) in [6.45, 7) is 2.04. The van der Waals surface area contributed by atoms with Gasteiger partial charge in [-0.05, 0) is 61.6 Å². The number of benzene rings is 3. The number of anilines is 1. The first-order chi connectivity index (χ1) is 18.0. The second kappa shape index (κ2) is 9.64. The molecule has 1 saturated carbocycles. The van der Waals surface area contributed by atoms with Crippen molar-refractivity contribution in [1.82, 2.24) is 9.55 Å². The highest BCUT2D eigenvalue weighted by Gasteiger charge is 2.43. The van der Waals surface area contributed by atoms with E-state index in [1.165, 1.54) is 12.0 Å². The van der Waals surface area contributed by atoms with Crippen molar-refractivity contribution in [3.8, 4) is 16.9 Å². The van der Waals surface area contributed by atoms with Crippen LogP contribution in [-0.2, 0) is 11.8 Å². The molecular formula is C31H29ClN4O. The molecule has 1 N–H and O–H groups in total. The topological polar surface area (TPSA) is 59.3 Å². The zero-order valence-corrected chi connectivity index (χ0v) is 21.6. The van der Waals surface area contributed by atoms with E-state index >= 15 is 0 Å². The number of hydrazone groups is 1. The van der Waals surface area contributed by atoms with Crippen LogP contribution in [0.5, 0.6) is 0 Å². The number of nitrogens with one attached hydrogen (secondary N) is 1. The molecule has 6 heteroatoms. The lowest BCUT2D eigenvalue weighted by Gasteiger charge is -2.42. The van der Waals surface area contributed by atoms with Crippen molar-refractivity contribution >= 4 is 23.8 Å². The molecule has 0 amide bonds. The fraction of sp³-hybridized carbons (Fsp3) is 0.258. The number of nitrogens with zero attached hydrogens (tertiary/aromatic N) is 3. The Balaban J connectivity index is 1.55. The van der Waals surface area contributed by atoms with Gasteiger partial charge in [0.05, 0.1) is 23.2 Å². The molecule has 1 aromatic heterocycles. The smallest absolute Gasteiger partial charge is 0.263 e. The predicted octanol–water partition coefficient (Wildman–Crippen LogP) is 7.07. The molecule has 0 saturated heterocycles. The maximum atomic E-state index is 14.5. The number of hydrogen-bond donors (Lipinski definition) is 1. The first-order valence-corrected chi connectivity index (χ1v) is 13.3. The van der Waals surface area contributed by atoms with Gasteiger partial charge in [-0.1, -0.05) is 85.0 Å².